The van der Waals surface area contributed by atoms with Crippen molar-refractivity contribution < 1.29 is 17.9 Å². The molecule has 0 saturated carbocycles. The zero-order valence-corrected chi connectivity index (χ0v) is 9.61. The van der Waals surface area contributed by atoms with Crippen molar-refractivity contribution in [2.45, 2.75) is 12.2 Å². The molecule has 1 rings (SSSR count). The van der Waals surface area contributed by atoms with E-state index in [1.54, 1.807) is 6.07 Å². The number of hydrogen-bond donors (Lipinski definition) is 0. The minimum Gasteiger partial charge on any atom is -0.469 e. The Morgan fingerprint density at radius 1 is 1.38 bits per heavy atom. The van der Waals surface area contributed by atoms with Crippen LogP contribution in [0.15, 0.2) is 18.5 Å². The van der Waals surface area contributed by atoms with Crippen molar-refractivity contribution in [1.82, 2.24) is 9.97 Å². The molecule has 0 N–H and O–H groups in total. The SMILES string of the molecule is COC(=O)CCS(=O)(=O)Cc1ncccn1. The highest BCUT2D eigenvalue weighted by atomic mass is 32.2. The van der Waals surface area contributed by atoms with Crippen molar-refractivity contribution in [3.05, 3.63) is 24.3 Å². The van der Waals surface area contributed by atoms with E-state index >= 15 is 0 Å². The van der Waals surface area contributed by atoms with Crippen LogP contribution in [-0.2, 0) is 25.1 Å². The van der Waals surface area contributed by atoms with Crippen LogP contribution in [0, 0.1) is 0 Å². The Balaban J connectivity index is 2.56. The highest BCUT2D eigenvalue weighted by Gasteiger charge is 2.15. The van der Waals surface area contributed by atoms with E-state index in [4.69, 9.17) is 0 Å². The molecule has 1 aromatic heterocycles. The molecule has 0 aliphatic rings. The minimum atomic E-state index is -3.37. The molecule has 0 spiro atoms. The molecule has 7 heteroatoms. The van der Waals surface area contributed by atoms with Crippen molar-refractivity contribution in [1.29, 1.82) is 0 Å². The summed E-state index contributed by atoms with van der Waals surface area (Å²) in [5.74, 6) is -0.826. The number of nitrogens with zero attached hydrogens (tertiary/aromatic N) is 2. The molecule has 0 bridgehead atoms. The van der Waals surface area contributed by atoms with E-state index in [0.29, 0.717) is 0 Å². The molecule has 6 nitrogen and oxygen atoms in total. The maximum Gasteiger partial charge on any atom is 0.306 e. The van der Waals surface area contributed by atoms with Gasteiger partial charge in [0.05, 0.1) is 19.3 Å². The summed E-state index contributed by atoms with van der Waals surface area (Å²) >= 11 is 0. The monoisotopic (exact) mass is 244 g/mol. The summed E-state index contributed by atoms with van der Waals surface area (Å²) in [5, 5.41) is 0. The van der Waals surface area contributed by atoms with Gasteiger partial charge >= 0.3 is 5.97 Å². The van der Waals surface area contributed by atoms with Crippen LogP contribution in [0.3, 0.4) is 0 Å². The first kappa shape index (κ1) is 12.6. The lowest BCUT2D eigenvalue weighted by molar-refractivity contribution is -0.140. The number of esters is 1. The molecule has 0 aliphatic carbocycles. The fraction of sp³-hybridized carbons (Fsp3) is 0.444. The maximum absolute atomic E-state index is 11.5. The second-order valence-electron chi connectivity index (χ2n) is 3.08. The number of aromatic nitrogens is 2. The fourth-order valence-corrected chi connectivity index (χ4v) is 2.18. The number of carbonyl (C=O) groups excluding carboxylic acids is 1. The van der Waals surface area contributed by atoms with Crippen molar-refractivity contribution in [2.24, 2.45) is 0 Å². The van der Waals surface area contributed by atoms with E-state index in [2.05, 4.69) is 14.7 Å². The summed E-state index contributed by atoms with van der Waals surface area (Å²) < 4.78 is 27.4. The number of sulfone groups is 1. The van der Waals surface area contributed by atoms with Crippen LogP contribution in [0.25, 0.3) is 0 Å². The molecule has 0 atom stereocenters. The molecule has 0 unspecified atom stereocenters. The molecule has 0 radical (unpaired) electrons. The lowest BCUT2D eigenvalue weighted by atomic mass is 10.5. The Hall–Kier alpha value is -1.50. The molecule has 0 aromatic carbocycles. The Morgan fingerprint density at radius 3 is 2.56 bits per heavy atom. The maximum atomic E-state index is 11.5. The van der Waals surface area contributed by atoms with E-state index in [1.165, 1.54) is 19.5 Å². The van der Waals surface area contributed by atoms with Gasteiger partial charge in [-0.3, -0.25) is 4.79 Å². The van der Waals surface area contributed by atoms with Crippen molar-refractivity contribution in [2.75, 3.05) is 12.9 Å². The van der Waals surface area contributed by atoms with Crippen LogP contribution >= 0.6 is 0 Å². The predicted octanol–water partition coefficient (Wildman–Crippen LogP) is -0.0455. The number of methoxy groups -OCH3 is 1. The van der Waals surface area contributed by atoms with Crippen molar-refractivity contribution >= 4 is 15.8 Å². The van der Waals surface area contributed by atoms with Crippen LogP contribution in [-0.4, -0.2) is 37.2 Å². The van der Waals surface area contributed by atoms with Gasteiger partial charge in [-0.2, -0.15) is 0 Å². The summed E-state index contributed by atoms with van der Waals surface area (Å²) in [6, 6.07) is 1.60. The summed E-state index contributed by atoms with van der Waals surface area (Å²) in [6.07, 6.45) is 2.79. The average Bonchev–Trinajstić information content (AvgIpc) is 2.27. The Bertz CT molecular complexity index is 444. The molecule has 0 fully saturated rings. The smallest absolute Gasteiger partial charge is 0.306 e. The third-order valence-corrected chi connectivity index (χ3v) is 3.34. The third kappa shape index (κ3) is 4.35. The van der Waals surface area contributed by atoms with E-state index in [1.807, 2.05) is 0 Å². The molecule has 0 aliphatic heterocycles. The quantitative estimate of drug-likeness (QED) is 0.675. The van der Waals surface area contributed by atoms with Crippen molar-refractivity contribution in [3.8, 4) is 0 Å². The summed E-state index contributed by atoms with van der Waals surface area (Å²) in [6.45, 7) is 0. The first-order chi connectivity index (χ1) is 7.53. The standard InChI is InChI=1S/C9H12N2O4S/c1-15-9(12)3-6-16(13,14)7-8-10-4-2-5-11-8/h2,4-5H,3,6-7H2,1H3. The number of rotatable bonds is 5. The van der Waals surface area contributed by atoms with Gasteiger partial charge < -0.3 is 4.74 Å². The third-order valence-electron chi connectivity index (χ3n) is 1.81. The highest BCUT2D eigenvalue weighted by Crippen LogP contribution is 2.02. The van der Waals surface area contributed by atoms with Crippen LogP contribution in [0.4, 0.5) is 0 Å². The lowest BCUT2D eigenvalue weighted by Gasteiger charge is -2.02. The molecule has 1 heterocycles. The Kier molecular flexibility index (Phi) is 4.36. The van der Waals surface area contributed by atoms with E-state index < -0.39 is 15.8 Å². The fourth-order valence-electron chi connectivity index (χ4n) is 1.01. The van der Waals surface area contributed by atoms with Crippen LogP contribution in [0.2, 0.25) is 0 Å². The second kappa shape index (κ2) is 5.55. The van der Waals surface area contributed by atoms with Crippen LogP contribution in [0.5, 0.6) is 0 Å². The first-order valence-corrected chi connectivity index (χ1v) is 6.39. The number of hydrogen-bond acceptors (Lipinski definition) is 6. The minimum absolute atomic E-state index is 0.147. The van der Waals surface area contributed by atoms with Gasteiger partial charge in [-0.15, -0.1) is 0 Å². The van der Waals surface area contributed by atoms with Gasteiger partial charge in [0, 0.05) is 12.4 Å². The molecule has 0 amide bonds. The summed E-state index contributed by atoms with van der Waals surface area (Å²) in [5.41, 5.74) is 0. The van der Waals surface area contributed by atoms with Crippen molar-refractivity contribution in [3.63, 3.8) is 0 Å². The van der Waals surface area contributed by atoms with Gasteiger partial charge in [0.25, 0.3) is 0 Å². The van der Waals surface area contributed by atoms with Gasteiger partial charge in [-0.25, -0.2) is 18.4 Å². The molecular weight excluding hydrogens is 232 g/mol. The number of ether oxygens (including phenoxy) is 1. The molecule has 16 heavy (non-hydrogen) atoms. The van der Waals surface area contributed by atoms with Gasteiger partial charge in [-0.1, -0.05) is 0 Å². The average molecular weight is 244 g/mol. The van der Waals surface area contributed by atoms with Gasteiger partial charge in [-0.05, 0) is 6.07 Å². The zero-order chi connectivity index (χ0) is 12.0. The zero-order valence-electron chi connectivity index (χ0n) is 8.79. The van der Waals surface area contributed by atoms with Crippen LogP contribution < -0.4 is 0 Å². The van der Waals surface area contributed by atoms with E-state index in [0.717, 1.165) is 0 Å². The molecular formula is C9H12N2O4S. The molecule has 1 aromatic rings. The summed E-state index contributed by atoms with van der Waals surface area (Å²) in [7, 11) is -2.15. The van der Waals surface area contributed by atoms with Gasteiger partial charge in [0.15, 0.2) is 9.84 Å². The Labute approximate surface area is 93.6 Å². The number of carbonyl (C=O) groups is 1. The first-order valence-electron chi connectivity index (χ1n) is 4.56. The highest BCUT2D eigenvalue weighted by molar-refractivity contribution is 7.90. The van der Waals surface area contributed by atoms with E-state index in [9.17, 15) is 13.2 Å². The van der Waals surface area contributed by atoms with E-state index in [-0.39, 0.29) is 23.8 Å². The second-order valence-corrected chi connectivity index (χ2v) is 5.27. The predicted molar refractivity (Wildman–Crippen MR) is 56.2 cm³/mol. The summed E-state index contributed by atoms with van der Waals surface area (Å²) in [4.78, 5) is 18.4. The molecule has 0 saturated heterocycles. The lowest BCUT2D eigenvalue weighted by Crippen LogP contribution is -2.15. The molecule has 88 valence electrons. The topological polar surface area (TPSA) is 86.2 Å². The van der Waals surface area contributed by atoms with Gasteiger partial charge in [0.1, 0.15) is 11.6 Å². The normalized spacial score (nSPS) is 11.1. The van der Waals surface area contributed by atoms with Gasteiger partial charge in [0.2, 0.25) is 0 Å². The Morgan fingerprint density at radius 2 is 2.00 bits per heavy atom. The van der Waals surface area contributed by atoms with Crippen LogP contribution in [0.1, 0.15) is 12.2 Å². The largest absolute Gasteiger partial charge is 0.469 e.